The lowest BCUT2D eigenvalue weighted by Crippen LogP contribution is -2.52. The van der Waals surface area contributed by atoms with Crippen molar-refractivity contribution < 1.29 is 24.5 Å². The fourth-order valence-corrected chi connectivity index (χ4v) is 4.56. The van der Waals surface area contributed by atoms with Crippen LogP contribution in [0.5, 0.6) is 5.75 Å². The molecule has 1 saturated heterocycles. The SMILES string of the molecule is CC(=O)NCCc1ccc(O[C@H]2O[C@H](c3ccccc3)[C@H](C)[C@@H](O)[C@H]2O)cc1-c1cccc(C)c1. The summed E-state index contributed by atoms with van der Waals surface area (Å²) < 4.78 is 12.3. The maximum Gasteiger partial charge on any atom is 0.229 e. The van der Waals surface area contributed by atoms with Gasteiger partial charge in [0.05, 0.1) is 12.2 Å². The van der Waals surface area contributed by atoms with Gasteiger partial charge >= 0.3 is 0 Å². The minimum atomic E-state index is -1.19. The van der Waals surface area contributed by atoms with Crippen LogP contribution in [0.15, 0.2) is 72.8 Å². The molecule has 6 heteroatoms. The van der Waals surface area contributed by atoms with Crippen LogP contribution in [0.3, 0.4) is 0 Å². The molecule has 1 amide bonds. The fraction of sp³-hybridized carbons (Fsp3) is 0.345. The van der Waals surface area contributed by atoms with Crippen molar-refractivity contribution in [3.63, 3.8) is 0 Å². The summed E-state index contributed by atoms with van der Waals surface area (Å²) >= 11 is 0. The number of aliphatic hydroxyl groups excluding tert-OH is 2. The maximum absolute atomic E-state index is 11.3. The van der Waals surface area contributed by atoms with Gasteiger partial charge in [0, 0.05) is 19.4 Å². The number of aryl methyl sites for hydroxylation is 1. The van der Waals surface area contributed by atoms with E-state index in [1.807, 2.05) is 80.6 Å². The number of amides is 1. The van der Waals surface area contributed by atoms with Crippen molar-refractivity contribution in [1.29, 1.82) is 0 Å². The van der Waals surface area contributed by atoms with Gasteiger partial charge in [-0.05, 0) is 47.7 Å². The van der Waals surface area contributed by atoms with Gasteiger partial charge < -0.3 is 25.0 Å². The molecular formula is C29H33NO5. The number of nitrogens with one attached hydrogen (secondary N) is 1. The van der Waals surface area contributed by atoms with Crippen LogP contribution in [0.1, 0.15) is 36.6 Å². The van der Waals surface area contributed by atoms with E-state index in [-0.39, 0.29) is 11.8 Å². The number of rotatable bonds is 7. The first kappa shape index (κ1) is 24.9. The second-order valence-electron chi connectivity index (χ2n) is 9.22. The van der Waals surface area contributed by atoms with Crippen molar-refractivity contribution in [2.45, 2.75) is 51.8 Å². The molecule has 6 nitrogen and oxygen atoms in total. The first-order valence-corrected chi connectivity index (χ1v) is 12.0. The Kier molecular flexibility index (Phi) is 7.86. The van der Waals surface area contributed by atoms with E-state index in [1.165, 1.54) is 6.92 Å². The first-order chi connectivity index (χ1) is 16.8. The van der Waals surface area contributed by atoms with Gasteiger partial charge in [-0.2, -0.15) is 0 Å². The fourth-order valence-electron chi connectivity index (χ4n) is 4.56. The van der Waals surface area contributed by atoms with Gasteiger partial charge in [-0.15, -0.1) is 0 Å². The summed E-state index contributed by atoms with van der Waals surface area (Å²) in [4.78, 5) is 11.3. The number of carbonyl (C=O) groups excluding carboxylic acids is 1. The van der Waals surface area contributed by atoms with Gasteiger partial charge in [0.25, 0.3) is 0 Å². The number of hydrogen-bond acceptors (Lipinski definition) is 5. The van der Waals surface area contributed by atoms with Crippen LogP contribution in [0.4, 0.5) is 0 Å². The van der Waals surface area contributed by atoms with Gasteiger partial charge in [-0.3, -0.25) is 4.79 Å². The molecule has 0 bridgehead atoms. The monoisotopic (exact) mass is 475 g/mol. The Balaban J connectivity index is 1.61. The lowest BCUT2D eigenvalue weighted by Gasteiger charge is -2.41. The van der Waals surface area contributed by atoms with Crippen molar-refractivity contribution >= 4 is 5.91 Å². The summed E-state index contributed by atoms with van der Waals surface area (Å²) in [6.07, 6.45) is -2.95. The van der Waals surface area contributed by atoms with Crippen LogP contribution in [0, 0.1) is 12.8 Å². The highest BCUT2D eigenvalue weighted by Crippen LogP contribution is 2.38. The molecule has 0 spiro atoms. The molecule has 0 radical (unpaired) electrons. The Labute approximate surface area is 206 Å². The number of ether oxygens (including phenoxy) is 2. The summed E-state index contributed by atoms with van der Waals surface area (Å²) in [5, 5.41) is 24.3. The molecule has 3 aromatic rings. The van der Waals surface area contributed by atoms with Crippen molar-refractivity contribution in [3.8, 4) is 16.9 Å². The average Bonchev–Trinajstić information content (AvgIpc) is 2.85. The van der Waals surface area contributed by atoms with E-state index < -0.39 is 24.6 Å². The average molecular weight is 476 g/mol. The largest absolute Gasteiger partial charge is 0.462 e. The first-order valence-electron chi connectivity index (χ1n) is 12.0. The Morgan fingerprint density at radius 1 is 1.00 bits per heavy atom. The second kappa shape index (κ2) is 11.0. The van der Waals surface area contributed by atoms with E-state index in [4.69, 9.17) is 9.47 Å². The predicted molar refractivity (Wildman–Crippen MR) is 135 cm³/mol. The van der Waals surface area contributed by atoms with E-state index in [0.717, 1.165) is 27.8 Å². The van der Waals surface area contributed by atoms with Gasteiger partial charge in [-0.25, -0.2) is 0 Å². The predicted octanol–water partition coefficient (Wildman–Crippen LogP) is 4.17. The highest BCUT2D eigenvalue weighted by atomic mass is 16.7. The third-order valence-electron chi connectivity index (χ3n) is 6.48. The van der Waals surface area contributed by atoms with E-state index in [1.54, 1.807) is 0 Å². The van der Waals surface area contributed by atoms with Crippen LogP contribution in [-0.4, -0.2) is 41.2 Å². The zero-order valence-electron chi connectivity index (χ0n) is 20.3. The molecule has 0 aromatic heterocycles. The maximum atomic E-state index is 11.3. The molecule has 0 aliphatic carbocycles. The van der Waals surface area contributed by atoms with E-state index in [9.17, 15) is 15.0 Å². The number of hydrogen-bond donors (Lipinski definition) is 3. The topological polar surface area (TPSA) is 88.0 Å². The van der Waals surface area contributed by atoms with Gasteiger partial charge in [0.2, 0.25) is 12.2 Å². The van der Waals surface area contributed by atoms with Crippen molar-refractivity contribution in [2.75, 3.05) is 6.54 Å². The third-order valence-corrected chi connectivity index (χ3v) is 6.48. The summed E-state index contributed by atoms with van der Waals surface area (Å²) in [6.45, 7) is 5.94. The Morgan fingerprint density at radius 3 is 2.49 bits per heavy atom. The van der Waals surface area contributed by atoms with E-state index in [2.05, 4.69) is 11.4 Å². The highest BCUT2D eigenvalue weighted by molar-refractivity contribution is 5.73. The molecule has 0 saturated carbocycles. The zero-order valence-corrected chi connectivity index (χ0v) is 20.3. The summed E-state index contributed by atoms with van der Waals surface area (Å²) in [6, 6.07) is 23.6. The highest BCUT2D eigenvalue weighted by Gasteiger charge is 2.44. The number of benzene rings is 3. The Bertz CT molecular complexity index is 1150. The quantitative estimate of drug-likeness (QED) is 0.477. The second-order valence-corrected chi connectivity index (χ2v) is 9.22. The van der Waals surface area contributed by atoms with Crippen molar-refractivity contribution in [1.82, 2.24) is 5.32 Å². The number of carbonyl (C=O) groups is 1. The number of aliphatic hydroxyl groups is 2. The summed E-state index contributed by atoms with van der Waals surface area (Å²) in [7, 11) is 0. The van der Waals surface area contributed by atoms with E-state index in [0.29, 0.717) is 18.7 Å². The van der Waals surface area contributed by atoms with Gasteiger partial charge in [0.1, 0.15) is 11.9 Å². The van der Waals surface area contributed by atoms with Crippen molar-refractivity contribution in [2.24, 2.45) is 5.92 Å². The summed E-state index contributed by atoms with van der Waals surface area (Å²) in [5.74, 6) is 0.167. The van der Waals surface area contributed by atoms with Crippen LogP contribution in [-0.2, 0) is 16.0 Å². The molecule has 1 fully saturated rings. The molecule has 184 valence electrons. The standard InChI is InChI=1S/C29H33NO5/c1-18-8-7-11-23(16-18)25-17-24(13-12-21(25)14-15-30-20(3)31)34-29-27(33)26(32)19(2)28(35-29)22-9-5-4-6-10-22/h4-13,16-17,19,26-29,32-33H,14-15H2,1-3H3,(H,30,31)/t19-,26-,27-,28+,29+/m1/s1. The van der Waals surface area contributed by atoms with Crippen LogP contribution >= 0.6 is 0 Å². The minimum Gasteiger partial charge on any atom is -0.462 e. The molecule has 3 N–H and O–H groups in total. The van der Waals surface area contributed by atoms with Gasteiger partial charge in [-0.1, -0.05) is 73.2 Å². The van der Waals surface area contributed by atoms with Crippen LogP contribution < -0.4 is 10.1 Å². The zero-order chi connectivity index (χ0) is 24.9. The summed E-state index contributed by atoms with van der Waals surface area (Å²) in [5.41, 5.74) is 5.14. The molecule has 1 heterocycles. The Morgan fingerprint density at radius 2 is 1.77 bits per heavy atom. The smallest absolute Gasteiger partial charge is 0.229 e. The van der Waals surface area contributed by atoms with E-state index >= 15 is 0 Å². The molecule has 1 aliphatic heterocycles. The van der Waals surface area contributed by atoms with Crippen molar-refractivity contribution in [3.05, 3.63) is 89.5 Å². The third kappa shape index (κ3) is 5.90. The molecule has 0 unspecified atom stereocenters. The van der Waals surface area contributed by atoms with Crippen LogP contribution in [0.2, 0.25) is 0 Å². The minimum absolute atomic E-state index is 0.0637. The van der Waals surface area contributed by atoms with Crippen LogP contribution in [0.25, 0.3) is 11.1 Å². The molecule has 3 aromatic carbocycles. The normalized spacial score (nSPS) is 24.1. The molecule has 4 rings (SSSR count). The lowest BCUT2D eigenvalue weighted by atomic mass is 9.87. The lowest BCUT2D eigenvalue weighted by molar-refractivity contribution is -0.258. The molecule has 1 aliphatic rings. The molecular weight excluding hydrogens is 442 g/mol. The van der Waals surface area contributed by atoms with Gasteiger partial charge in [0.15, 0.2) is 0 Å². The molecule has 5 atom stereocenters. The molecule has 35 heavy (non-hydrogen) atoms. The Hall–Kier alpha value is -3.19.